The number of carbonyl (C=O) groups is 3. The van der Waals surface area contributed by atoms with E-state index in [0.29, 0.717) is 28.9 Å². The van der Waals surface area contributed by atoms with E-state index in [1.807, 2.05) is 61.5 Å². The first-order chi connectivity index (χ1) is 21.2. The van der Waals surface area contributed by atoms with Crippen LogP contribution in [0.4, 0.5) is 0 Å². The highest BCUT2D eigenvalue weighted by atomic mass is 127. The molecule has 0 aliphatic rings. The van der Waals surface area contributed by atoms with E-state index < -0.39 is 5.97 Å². The fourth-order valence-electron chi connectivity index (χ4n) is 5.09. The summed E-state index contributed by atoms with van der Waals surface area (Å²) < 4.78 is 3.95. The zero-order valence-electron chi connectivity index (χ0n) is 25.5. The van der Waals surface area contributed by atoms with Crippen LogP contribution in [0.25, 0.3) is 21.8 Å². The summed E-state index contributed by atoms with van der Waals surface area (Å²) in [5.41, 5.74) is 6.06. The van der Waals surface area contributed by atoms with Gasteiger partial charge in [-0.15, -0.1) is 11.8 Å². The molecule has 0 amide bonds. The third kappa shape index (κ3) is 7.47. The zero-order valence-corrected chi connectivity index (χ0v) is 28.5. The Kier molecular flexibility index (Phi) is 11.5. The third-order valence-corrected chi connectivity index (χ3v) is 9.22. The van der Waals surface area contributed by atoms with Gasteiger partial charge in [0.1, 0.15) is 5.71 Å². The number of hydrogen-bond acceptors (Lipinski definition) is 6. The summed E-state index contributed by atoms with van der Waals surface area (Å²) in [6.45, 7) is 10.1. The first-order valence-corrected chi connectivity index (χ1v) is 16.6. The van der Waals surface area contributed by atoms with Crippen molar-refractivity contribution in [3.63, 3.8) is 0 Å². The summed E-state index contributed by atoms with van der Waals surface area (Å²) in [7, 11) is 0. The van der Waals surface area contributed by atoms with Gasteiger partial charge in [0.25, 0.3) is 0 Å². The number of benzene rings is 3. The molecule has 6 nitrogen and oxygen atoms in total. The third-order valence-electron chi connectivity index (χ3n) is 7.21. The minimum atomic E-state index is -0.586. The lowest BCUT2D eigenvalue weighted by Gasteiger charge is -2.10. The summed E-state index contributed by atoms with van der Waals surface area (Å²) in [5.74, 6) is -0.375. The van der Waals surface area contributed by atoms with Crippen molar-refractivity contribution in [3.8, 4) is 0 Å². The van der Waals surface area contributed by atoms with Crippen molar-refractivity contribution < 1.29 is 19.2 Å². The second kappa shape index (κ2) is 15.3. The fourth-order valence-corrected chi connectivity index (χ4v) is 6.67. The van der Waals surface area contributed by atoms with Crippen LogP contribution in [0.15, 0.2) is 98.6 Å². The van der Waals surface area contributed by atoms with Crippen molar-refractivity contribution in [1.82, 2.24) is 4.57 Å². The highest BCUT2D eigenvalue weighted by Gasteiger charge is 2.20. The molecule has 0 aliphatic heterocycles. The summed E-state index contributed by atoms with van der Waals surface area (Å²) in [5, 5.41) is 5.72. The molecule has 0 fully saturated rings. The summed E-state index contributed by atoms with van der Waals surface area (Å²) in [4.78, 5) is 44.9. The fraction of sp³-hybridized carbons (Fsp3) is 0.222. The Bertz CT molecular complexity index is 1840. The number of nitrogens with zero attached hydrogens (tertiary/aromatic N) is 2. The molecular formula is C36H35IN2O4S. The van der Waals surface area contributed by atoms with E-state index in [-0.39, 0.29) is 17.3 Å². The zero-order chi connectivity index (χ0) is 31.8. The van der Waals surface area contributed by atoms with Crippen molar-refractivity contribution in [2.75, 3.05) is 5.75 Å². The molecule has 0 saturated carbocycles. The molecular weight excluding hydrogens is 683 g/mol. The van der Waals surface area contributed by atoms with Crippen molar-refractivity contribution >= 4 is 79.4 Å². The first-order valence-electron chi connectivity index (χ1n) is 14.4. The van der Waals surface area contributed by atoms with Crippen molar-refractivity contribution in [3.05, 3.63) is 111 Å². The average molecular weight is 719 g/mol. The molecule has 44 heavy (non-hydrogen) atoms. The summed E-state index contributed by atoms with van der Waals surface area (Å²) in [6.07, 6.45) is 7.75. The molecule has 3 aromatic carbocycles. The number of oxime groups is 1. The maximum Gasteiger partial charge on any atom is 0.331 e. The van der Waals surface area contributed by atoms with Crippen LogP contribution in [0.1, 0.15) is 59.0 Å². The first kappa shape index (κ1) is 33.1. The van der Waals surface area contributed by atoms with Gasteiger partial charge in [0, 0.05) is 69.0 Å². The van der Waals surface area contributed by atoms with Crippen LogP contribution >= 0.6 is 34.4 Å². The van der Waals surface area contributed by atoms with E-state index >= 15 is 0 Å². The van der Waals surface area contributed by atoms with E-state index in [1.54, 1.807) is 28.0 Å². The second-order valence-corrected chi connectivity index (χ2v) is 12.0. The molecule has 0 aliphatic carbocycles. The number of fused-ring (bicyclic) bond motifs is 3. The summed E-state index contributed by atoms with van der Waals surface area (Å²) >= 11 is 3.74. The molecule has 4 aromatic rings. The largest absolute Gasteiger partial charge is 0.341 e. The Hall–Kier alpha value is -3.76. The van der Waals surface area contributed by atoms with Crippen LogP contribution < -0.4 is 0 Å². The van der Waals surface area contributed by atoms with Crippen LogP contribution in [-0.4, -0.2) is 33.6 Å². The van der Waals surface area contributed by atoms with Crippen LogP contribution in [0.3, 0.4) is 0 Å². The Morgan fingerprint density at radius 2 is 1.55 bits per heavy atom. The minimum Gasteiger partial charge on any atom is -0.341 e. The lowest BCUT2D eigenvalue weighted by Crippen LogP contribution is -2.17. The highest BCUT2D eigenvalue weighted by Crippen LogP contribution is 2.32. The van der Waals surface area contributed by atoms with E-state index in [2.05, 4.69) is 65.2 Å². The molecule has 1 heterocycles. The number of Topliss-reactive ketones (excluding diaryl/α,β-unsaturated/α-hetero) is 2. The van der Waals surface area contributed by atoms with Gasteiger partial charge in [0.05, 0.1) is 0 Å². The lowest BCUT2D eigenvalue weighted by molar-refractivity contribution is -0.140. The molecule has 1 aromatic heterocycles. The predicted octanol–water partition coefficient (Wildman–Crippen LogP) is 9.35. The predicted molar refractivity (Wildman–Crippen MR) is 190 cm³/mol. The van der Waals surface area contributed by atoms with Crippen LogP contribution in [-0.2, 0) is 16.2 Å². The maximum absolute atomic E-state index is 13.8. The van der Waals surface area contributed by atoms with E-state index in [4.69, 9.17) is 4.84 Å². The number of ketones is 2. The van der Waals surface area contributed by atoms with Gasteiger partial charge in [0.2, 0.25) is 5.78 Å². The van der Waals surface area contributed by atoms with Crippen LogP contribution in [0, 0.1) is 13.8 Å². The van der Waals surface area contributed by atoms with Crippen molar-refractivity contribution in [2.45, 2.75) is 52.5 Å². The van der Waals surface area contributed by atoms with Crippen molar-refractivity contribution in [1.29, 1.82) is 0 Å². The highest BCUT2D eigenvalue weighted by molar-refractivity contribution is 14.1. The number of aromatic nitrogens is 1. The molecule has 8 heteroatoms. The molecule has 0 saturated heterocycles. The van der Waals surface area contributed by atoms with E-state index in [0.717, 1.165) is 28.4 Å². The Morgan fingerprint density at radius 1 is 0.932 bits per heavy atom. The molecule has 0 bridgehead atoms. The monoisotopic (exact) mass is 718 g/mol. The minimum absolute atomic E-state index is 0.0797. The molecule has 226 valence electrons. The number of allylic oxidation sites excluding steroid dienone is 5. The Labute approximate surface area is 276 Å². The normalized spacial score (nSPS) is 12.6. The van der Waals surface area contributed by atoms with Gasteiger partial charge in [-0.2, -0.15) is 0 Å². The van der Waals surface area contributed by atoms with E-state index in [9.17, 15) is 14.4 Å². The molecule has 0 radical (unpaired) electrons. The van der Waals surface area contributed by atoms with E-state index in [1.165, 1.54) is 22.9 Å². The Balaban J connectivity index is 1.71. The Morgan fingerprint density at radius 3 is 2.09 bits per heavy atom. The van der Waals surface area contributed by atoms with Gasteiger partial charge in [-0.25, -0.2) is 4.79 Å². The summed E-state index contributed by atoms with van der Waals surface area (Å²) in [6, 6.07) is 17.4. The van der Waals surface area contributed by atoms with Gasteiger partial charge in [-0.1, -0.05) is 70.2 Å². The molecule has 0 atom stereocenters. The molecule has 0 unspecified atom stereocenters. The quantitative estimate of drug-likeness (QED) is 0.0213. The van der Waals surface area contributed by atoms with Gasteiger partial charge < -0.3 is 9.40 Å². The van der Waals surface area contributed by atoms with Gasteiger partial charge in [0.15, 0.2) is 5.78 Å². The molecule has 4 rings (SSSR count). The molecule has 0 spiro atoms. The van der Waals surface area contributed by atoms with Crippen LogP contribution in [0.5, 0.6) is 0 Å². The second-order valence-electron chi connectivity index (χ2n) is 10.3. The lowest BCUT2D eigenvalue weighted by atomic mass is 9.99. The number of carbonyl (C=O) groups excluding carboxylic acids is 3. The van der Waals surface area contributed by atoms with Crippen LogP contribution in [0.2, 0.25) is 0 Å². The number of rotatable bonds is 12. The smallest absolute Gasteiger partial charge is 0.331 e. The average Bonchev–Trinajstić information content (AvgIpc) is 3.33. The van der Waals surface area contributed by atoms with Gasteiger partial charge >= 0.3 is 5.97 Å². The number of hydrogen-bond donors (Lipinski definition) is 0. The topological polar surface area (TPSA) is 77.7 Å². The SMILES string of the molecule is C\C=C/C=C\C(=C\I)C(=O)c1ccc2c(c1)c1cc(C(=O)/C(CCSc3c(C)cccc3C)=N/OC(C)=O)ccc1n2CC. The number of halogens is 1. The number of thioether (sulfide) groups is 1. The number of aryl methyl sites for hydroxylation is 3. The van der Waals surface area contributed by atoms with Gasteiger partial charge in [-0.05, 0) is 79.3 Å². The molecule has 0 N–H and O–H groups in total. The standard InChI is InChI=1S/C36H35IN2O4S/c1-6-8-9-13-28(22-37)34(41)26-14-16-32-29(20-26)30-21-27(15-17-33(30)39(32)7-2)35(42)31(38-43-25(5)40)18-19-44-36-23(3)11-10-12-24(36)4/h6,8-17,20-22H,7,18-19H2,1-5H3/b8-6-,13-9-,28-22-,38-31+. The van der Waals surface area contributed by atoms with Gasteiger partial charge in [-0.3, -0.25) is 9.59 Å². The van der Waals surface area contributed by atoms with Crippen molar-refractivity contribution in [2.24, 2.45) is 5.16 Å². The maximum atomic E-state index is 13.8.